The molecule has 0 saturated heterocycles. The molecule has 1 N–H and O–H groups in total. The summed E-state index contributed by atoms with van der Waals surface area (Å²) in [5.74, 6) is 0.650. The van der Waals surface area contributed by atoms with E-state index in [-0.39, 0.29) is 4.90 Å². The van der Waals surface area contributed by atoms with Gasteiger partial charge in [0.05, 0.1) is 4.90 Å². The molecule has 1 aromatic carbocycles. The Morgan fingerprint density at radius 2 is 1.88 bits per heavy atom. The molecule has 33 heavy (non-hydrogen) atoms. The number of aryl methyl sites for hydroxylation is 1. The molecule has 0 atom stereocenters. The van der Waals surface area contributed by atoms with Crippen molar-refractivity contribution in [2.75, 3.05) is 5.32 Å². The van der Waals surface area contributed by atoms with Crippen LogP contribution in [-0.2, 0) is 26.7 Å². The molecule has 1 aliphatic rings. The van der Waals surface area contributed by atoms with E-state index in [1.807, 2.05) is 19.1 Å². The molecule has 170 valence electrons. The normalized spacial score (nSPS) is 12.6. The quantitative estimate of drug-likeness (QED) is 0.256. The Morgan fingerprint density at radius 3 is 2.55 bits per heavy atom. The number of nitrogens with zero attached hydrogens (tertiary/aromatic N) is 3. The van der Waals surface area contributed by atoms with Gasteiger partial charge in [-0.15, -0.1) is 0 Å². The number of fused-ring (bicyclic) bond motifs is 2. The van der Waals surface area contributed by atoms with Crippen LogP contribution in [0.1, 0.15) is 11.1 Å². The summed E-state index contributed by atoms with van der Waals surface area (Å²) >= 11 is 5.47. The molecular weight excluding hydrogens is 643 g/mol. The predicted molar refractivity (Wildman–Crippen MR) is 139 cm³/mol. The first kappa shape index (κ1) is 23.9. The molecule has 0 spiro atoms. The molecule has 8 nitrogen and oxygen atoms in total. The highest BCUT2D eigenvalue weighted by Gasteiger charge is 2.21. The van der Waals surface area contributed by atoms with E-state index in [1.165, 1.54) is 3.97 Å². The van der Waals surface area contributed by atoms with E-state index in [0.717, 1.165) is 24.6 Å². The van der Waals surface area contributed by atoms with E-state index in [0.29, 0.717) is 22.9 Å². The van der Waals surface area contributed by atoms with Crippen molar-refractivity contribution in [2.24, 2.45) is 0 Å². The van der Waals surface area contributed by atoms with Crippen LogP contribution in [-0.4, -0.2) is 35.8 Å². The molecule has 5 rings (SSSR count). The van der Waals surface area contributed by atoms with Crippen molar-refractivity contribution in [3.8, 4) is 0 Å². The third-order valence-corrected chi connectivity index (χ3v) is 8.42. The molecular formula is C21H16BrIN4O4S2. The standard InChI is InChI=1S/C14H10BrIN2O2S.C7H6N2O2S/c1-9-2-4-11(5-3-9)21(19,20)18-8-13(16)12-6-10(15)7-17-14(12)18;10-12(11)6-4-5-2-1-3-8-7(5)9-6/h2-8H,1H3;1-3H,4H2,(H,8,9). The number of hydrogen-bond acceptors (Lipinski definition) is 6. The highest BCUT2D eigenvalue weighted by atomic mass is 127. The van der Waals surface area contributed by atoms with Gasteiger partial charge in [0.1, 0.15) is 10.8 Å². The number of rotatable bonds is 2. The molecule has 0 unspecified atom stereocenters. The van der Waals surface area contributed by atoms with Gasteiger partial charge in [-0.2, -0.15) is 8.42 Å². The summed E-state index contributed by atoms with van der Waals surface area (Å²) in [6.45, 7) is 1.92. The first-order valence-corrected chi connectivity index (χ1v) is 13.9. The maximum atomic E-state index is 12.8. The van der Waals surface area contributed by atoms with Gasteiger partial charge in [-0.1, -0.05) is 23.8 Å². The average Bonchev–Trinajstić information content (AvgIpc) is 3.36. The van der Waals surface area contributed by atoms with E-state index in [9.17, 15) is 16.8 Å². The Labute approximate surface area is 213 Å². The zero-order valence-electron chi connectivity index (χ0n) is 17.0. The van der Waals surface area contributed by atoms with Gasteiger partial charge in [0.15, 0.2) is 5.65 Å². The third-order valence-electron chi connectivity index (χ3n) is 4.81. The van der Waals surface area contributed by atoms with E-state index >= 15 is 0 Å². The van der Waals surface area contributed by atoms with Crippen molar-refractivity contribution < 1.29 is 16.8 Å². The summed E-state index contributed by atoms with van der Waals surface area (Å²) in [6, 6.07) is 12.3. The molecule has 3 aromatic heterocycles. The van der Waals surface area contributed by atoms with Crippen LogP contribution in [0, 0.1) is 10.5 Å². The van der Waals surface area contributed by atoms with E-state index in [4.69, 9.17) is 0 Å². The average molecular weight is 659 g/mol. The number of anilines is 1. The fraction of sp³-hybridized carbons (Fsp3) is 0.0952. The maximum absolute atomic E-state index is 12.8. The van der Waals surface area contributed by atoms with Crippen LogP contribution in [0.3, 0.4) is 0 Å². The van der Waals surface area contributed by atoms with Crippen molar-refractivity contribution >= 4 is 80.7 Å². The molecule has 1 aliphatic heterocycles. The number of halogens is 2. The number of pyridine rings is 2. The van der Waals surface area contributed by atoms with E-state index < -0.39 is 20.3 Å². The topological polar surface area (TPSA) is 111 Å². The van der Waals surface area contributed by atoms with Gasteiger partial charge in [-0.05, 0) is 69.7 Å². The first-order valence-electron chi connectivity index (χ1n) is 9.47. The van der Waals surface area contributed by atoms with E-state index in [2.05, 4.69) is 53.8 Å². The molecule has 0 amide bonds. The van der Waals surface area contributed by atoms with Crippen molar-refractivity contribution in [1.29, 1.82) is 0 Å². The Bertz CT molecular complexity index is 1580. The number of nitrogens with one attached hydrogen (secondary N) is 1. The smallest absolute Gasteiger partial charge is 0.269 e. The summed E-state index contributed by atoms with van der Waals surface area (Å²) in [5, 5.41) is 3.53. The fourth-order valence-electron chi connectivity index (χ4n) is 3.17. The van der Waals surface area contributed by atoms with Gasteiger partial charge in [-0.25, -0.2) is 22.4 Å². The summed E-state index contributed by atoms with van der Waals surface area (Å²) in [6.07, 6.45) is 5.25. The molecule has 4 aromatic rings. The fourth-order valence-corrected chi connectivity index (χ4v) is 6.14. The maximum Gasteiger partial charge on any atom is 0.269 e. The highest BCUT2D eigenvalue weighted by molar-refractivity contribution is 14.1. The first-order chi connectivity index (χ1) is 15.7. The summed E-state index contributed by atoms with van der Waals surface area (Å²) in [7, 11) is -5.79. The van der Waals surface area contributed by atoms with Crippen molar-refractivity contribution in [3.63, 3.8) is 0 Å². The van der Waals surface area contributed by atoms with Crippen LogP contribution in [0.2, 0.25) is 0 Å². The lowest BCUT2D eigenvalue weighted by atomic mass is 10.2. The van der Waals surface area contributed by atoms with Gasteiger partial charge in [0.2, 0.25) is 10.3 Å². The van der Waals surface area contributed by atoms with Crippen molar-refractivity contribution in [1.82, 2.24) is 13.9 Å². The lowest BCUT2D eigenvalue weighted by molar-refractivity contribution is 0.588. The van der Waals surface area contributed by atoms with Gasteiger partial charge < -0.3 is 5.32 Å². The van der Waals surface area contributed by atoms with E-state index in [1.54, 1.807) is 48.9 Å². The van der Waals surface area contributed by atoms with Crippen LogP contribution in [0.25, 0.3) is 11.0 Å². The van der Waals surface area contributed by atoms with Gasteiger partial charge in [-0.3, -0.25) is 0 Å². The Morgan fingerprint density at radius 1 is 1.15 bits per heavy atom. The molecule has 0 radical (unpaired) electrons. The minimum atomic E-state index is -3.64. The second-order valence-electron chi connectivity index (χ2n) is 7.09. The predicted octanol–water partition coefficient (Wildman–Crippen LogP) is 4.01. The van der Waals surface area contributed by atoms with Crippen LogP contribution in [0.5, 0.6) is 0 Å². The summed E-state index contributed by atoms with van der Waals surface area (Å²) in [4.78, 5) is 8.78. The second kappa shape index (κ2) is 9.52. The lowest BCUT2D eigenvalue weighted by Gasteiger charge is -2.07. The number of benzene rings is 1. The second-order valence-corrected chi connectivity index (χ2v) is 11.9. The minimum Gasteiger partial charge on any atom is -0.330 e. The Hall–Kier alpha value is -2.29. The van der Waals surface area contributed by atoms with Crippen LogP contribution in [0.4, 0.5) is 5.82 Å². The zero-order valence-corrected chi connectivity index (χ0v) is 22.4. The molecule has 0 aliphatic carbocycles. The molecule has 0 fully saturated rings. The van der Waals surface area contributed by atoms with Gasteiger partial charge in [0, 0.05) is 44.0 Å². The molecule has 4 heterocycles. The number of hydrogen-bond donors (Lipinski definition) is 1. The molecule has 0 saturated carbocycles. The van der Waals surface area contributed by atoms with Crippen molar-refractivity contribution in [2.45, 2.75) is 18.2 Å². The number of aromatic nitrogens is 3. The summed E-state index contributed by atoms with van der Waals surface area (Å²) < 4.78 is 49.5. The third kappa shape index (κ3) is 4.98. The Balaban J connectivity index is 0.000000183. The van der Waals surface area contributed by atoms with Crippen molar-refractivity contribution in [3.05, 3.63) is 80.2 Å². The molecule has 0 bridgehead atoms. The SMILES string of the molecule is Cc1ccc(S(=O)(=O)n2cc(I)c3cc(Br)cnc32)cc1.O=S(=O)=C1Cc2cccnc2N1. The van der Waals surface area contributed by atoms with Crippen LogP contribution >= 0.6 is 38.5 Å². The van der Waals surface area contributed by atoms with Crippen LogP contribution in [0.15, 0.2) is 70.4 Å². The molecule has 12 heteroatoms. The Kier molecular flexibility index (Phi) is 6.88. The zero-order chi connectivity index (χ0) is 23.8. The lowest BCUT2D eigenvalue weighted by Crippen LogP contribution is -2.12. The summed E-state index contributed by atoms with van der Waals surface area (Å²) in [5.41, 5.74) is 2.38. The monoisotopic (exact) mass is 658 g/mol. The van der Waals surface area contributed by atoms with Crippen LogP contribution < -0.4 is 5.32 Å². The van der Waals surface area contributed by atoms with Gasteiger partial charge >= 0.3 is 0 Å². The minimum absolute atomic E-state index is 0.256. The largest absolute Gasteiger partial charge is 0.330 e. The van der Waals surface area contributed by atoms with Gasteiger partial charge in [0.25, 0.3) is 10.0 Å². The highest BCUT2D eigenvalue weighted by Crippen LogP contribution is 2.27.